The highest BCUT2D eigenvalue weighted by Crippen LogP contribution is 2.25. The molecule has 2 rings (SSSR count). The van der Waals surface area contributed by atoms with Gasteiger partial charge in [-0.2, -0.15) is 0 Å². The summed E-state index contributed by atoms with van der Waals surface area (Å²) in [5, 5.41) is 0.524. The van der Waals surface area contributed by atoms with E-state index in [1.807, 2.05) is 30.3 Å². The number of nitrogens with one attached hydrogen (secondary N) is 1. The molecule has 4 heteroatoms. The lowest BCUT2D eigenvalue weighted by Crippen LogP contribution is -1.87. The van der Waals surface area contributed by atoms with Gasteiger partial charge in [0.1, 0.15) is 9.79 Å². The third-order valence-electron chi connectivity index (χ3n) is 1.87. The Hall–Kier alpha value is -1.19. The topological polar surface area (TPSA) is 28.7 Å². The van der Waals surface area contributed by atoms with E-state index in [0.29, 0.717) is 9.79 Å². The Balaban J connectivity index is 2.69. The second-order valence-corrected chi connectivity index (χ2v) is 3.53. The molecule has 0 radical (unpaired) electrons. The number of hydrogen-bond acceptors (Lipinski definition) is 2. The fourth-order valence-corrected chi connectivity index (χ4v) is 1.81. The molecule has 0 fully saturated rings. The lowest BCUT2D eigenvalue weighted by Gasteiger charge is -2.02. The van der Waals surface area contributed by atoms with Gasteiger partial charge < -0.3 is 4.98 Å². The molecule has 1 aromatic carbocycles. The zero-order valence-electron chi connectivity index (χ0n) is 7.20. The van der Waals surface area contributed by atoms with Gasteiger partial charge in [-0.3, -0.25) is 0 Å². The summed E-state index contributed by atoms with van der Waals surface area (Å²) in [5.74, 6) is 0. The molecule has 1 heterocycles. The molecule has 70 valence electrons. The van der Waals surface area contributed by atoms with Gasteiger partial charge in [-0.1, -0.05) is 54.2 Å². The van der Waals surface area contributed by atoms with E-state index in [2.05, 4.69) is 9.97 Å². The average molecular weight is 223 g/mol. The third-order valence-corrected chi connectivity index (χ3v) is 2.48. The summed E-state index contributed by atoms with van der Waals surface area (Å²) in [6.07, 6.45) is 1.50. The summed E-state index contributed by atoms with van der Waals surface area (Å²) in [6, 6.07) is 9.72. The summed E-state index contributed by atoms with van der Waals surface area (Å²) in [6.45, 7) is 0. The van der Waals surface area contributed by atoms with Gasteiger partial charge in [-0.15, -0.1) is 0 Å². The van der Waals surface area contributed by atoms with Crippen LogP contribution in [-0.2, 0) is 0 Å². The van der Waals surface area contributed by atoms with E-state index in [4.69, 9.17) is 23.8 Å². The maximum Gasteiger partial charge on any atom is 0.138 e. The Labute approximate surface area is 91.6 Å². The van der Waals surface area contributed by atoms with Crippen LogP contribution in [0.15, 0.2) is 36.7 Å². The number of hydrogen-bond donors (Lipinski definition) is 1. The van der Waals surface area contributed by atoms with E-state index in [0.717, 1.165) is 11.1 Å². The first-order valence-corrected chi connectivity index (χ1v) is 4.86. The fourth-order valence-electron chi connectivity index (χ4n) is 1.23. The first-order valence-electron chi connectivity index (χ1n) is 4.07. The maximum absolute atomic E-state index is 6.00. The van der Waals surface area contributed by atoms with Crippen LogP contribution in [0, 0.1) is 4.64 Å². The largest absolute Gasteiger partial charge is 0.336 e. The fraction of sp³-hybridized carbons (Fsp3) is 0. The van der Waals surface area contributed by atoms with Gasteiger partial charge in [-0.05, 0) is 5.56 Å². The predicted molar refractivity (Wildman–Crippen MR) is 59.9 cm³/mol. The molecule has 0 aliphatic rings. The van der Waals surface area contributed by atoms with Crippen molar-refractivity contribution in [1.29, 1.82) is 0 Å². The van der Waals surface area contributed by atoms with Crippen LogP contribution in [0.3, 0.4) is 0 Å². The van der Waals surface area contributed by atoms with Crippen molar-refractivity contribution in [3.8, 4) is 11.1 Å². The maximum atomic E-state index is 6.00. The normalized spacial score (nSPS) is 10.1. The molecule has 0 bridgehead atoms. The average Bonchev–Trinajstić information content (AvgIpc) is 2.19. The molecule has 0 unspecified atom stereocenters. The first kappa shape index (κ1) is 9.37. The van der Waals surface area contributed by atoms with Crippen molar-refractivity contribution in [3.63, 3.8) is 0 Å². The highest BCUT2D eigenvalue weighted by Gasteiger charge is 2.04. The van der Waals surface area contributed by atoms with Gasteiger partial charge in [0, 0.05) is 0 Å². The highest BCUT2D eigenvalue weighted by molar-refractivity contribution is 7.71. The van der Waals surface area contributed by atoms with E-state index < -0.39 is 0 Å². The molecule has 0 saturated heterocycles. The number of benzene rings is 1. The van der Waals surface area contributed by atoms with Crippen molar-refractivity contribution in [2.24, 2.45) is 0 Å². The minimum absolute atomic E-state index is 0.514. The van der Waals surface area contributed by atoms with Gasteiger partial charge >= 0.3 is 0 Å². The Morgan fingerprint density at radius 1 is 1.21 bits per heavy atom. The molecule has 14 heavy (non-hydrogen) atoms. The summed E-state index contributed by atoms with van der Waals surface area (Å²) < 4.78 is 0.514. The first-order chi connectivity index (χ1) is 6.79. The summed E-state index contributed by atoms with van der Waals surface area (Å²) in [5.41, 5.74) is 1.76. The Bertz CT molecular complexity index is 493. The summed E-state index contributed by atoms with van der Waals surface area (Å²) in [4.78, 5) is 6.82. The molecule has 0 aliphatic heterocycles. The standard InChI is InChI=1S/C10H7ClN2S/c11-9-8(10(14)13-6-12-9)7-4-2-1-3-5-7/h1-6H,(H,12,13,14). The highest BCUT2D eigenvalue weighted by atomic mass is 35.5. The summed E-state index contributed by atoms with van der Waals surface area (Å²) >= 11 is 11.1. The predicted octanol–water partition coefficient (Wildman–Crippen LogP) is 3.46. The molecule has 0 amide bonds. The van der Waals surface area contributed by atoms with Gasteiger partial charge in [0.25, 0.3) is 0 Å². The van der Waals surface area contributed by atoms with Crippen molar-refractivity contribution in [1.82, 2.24) is 9.97 Å². The van der Waals surface area contributed by atoms with E-state index in [1.54, 1.807) is 0 Å². The number of rotatable bonds is 1. The van der Waals surface area contributed by atoms with Crippen molar-refractivity contribution >= 4 is 23.8 Å². The Kier molecular flexibility index (Phi) is 2.61. The van der Waals surface area contributed by atoms with Crippen molar-refractivity contribution in [3.05, 3.63) is 46.5 Å². The van der Waals surface area contributed by atoms with Crippen LogP contribution >= 0.6 is 23.8 Å². The quantitative estimate of drug-likeness (QED) is 0.591. The molecular formula is C10H7ClN2S. The number of H-pyrrole nitrogens is 1. The second kappa shape index (κ2) is 3.90. The molecule has 0 aliphatic carbocycles. The molecule has 1 N–H and O–H groups in total. The van der Waals surface area contributed by atoms with Crippen LogP contribution in [0.4, 0.5) is 0 Å². The van der Waals surface area contributed by atoms with Crippen LogP contribution in [0.5, 0.6) is 0 Å². The molecule has 1 aromatic heterocycles. The van der Waals surface area contributed by atoms with Crippen molar-refractivity contribution in [2.45, 2.75) is 0 Å². The van der Waals surface area contributed by atoms with E-state index in [9.17, 15) is 0 Å². The van der Waals surface area contributed by atoms with Crippen molar-refractivity contribution in [2.75, 3.05) is 0 Å². The zero-order valence-corrected chi connectivity index (χ0v) is 8.77. The lowest BCUT2D eigenvalue weighted by molar-refractivity contribution is 1.15. The SMILES string of the molecule is S=c1nc[nH]c(Cl)c1-c1ccccc1. The smallest absolute Gasteiger partial charge is 0.138 e. The zero-order chi connectivity index (χ0) is 9.97. The minimum Gasteiger partial charge on any atom is -0.336 e. The molecule has 2 aromatic rings. The van der Waals surface area contributed by atoms with Crippen LogP contribution in [0.2, 0.25) is 5.15 Å². The van der Waals surface area contributed by atoms with Gasteiger partial charge in [0.15, 0.2) is 0 Å². The van der Waals surface area contributed by atoms with E-state index in [1.165, 1.54) is 6.33 Å². The van der Waals surface area contributed by atoms with Crippen LogP contribution in [0.1, 0.15) is 0 Å². The van der Waals surface area contributed by atoms with E-state index in [-0.39, 0.29) is 0 Å². The van der Waals surface area contributed by atoms with E-state index >= 15 is 0 Å². The molecule has 0 spiro atoms. The third kappa shape index (κ3) is 1.69. The Morgan fingerprint density at radius 3 is 2.57 bits per heavy atom. The molecule has 0 atom stereocenters. The molecule has 0 saturated carbocycles. The lowest BCUT2D eigenvalue weighted by atomic mass is 10.1. The molecular weight excluding hydrogens is 216 g/mol. The number of aromatic amines is 1. The van der Waals surface area contributed by atoms with Gasteiger partial charge in [-0.25, -0.2) is 4.98 Å². The number of aromatic nitrogens is 2. The van der Waals surface area contributed by atoms with Gasteiger partial charge in [0.05, 0.1) is 11.9 Å². The molecule has 2 nitrogen and oxygen atoms in total. The second-order valence-electron chi connectivity index (χ2n) is 2.76. The monoisotopic (exact) mass is 222 g/mol. The van der Waals surface area contributed by atoms with Crippen LogP contribution < -0.4 is 0 Å². The number of nitrogens with zero attached hydrogens (tertiary/aromatic N) is 1. The minimum atomic E-state index is 0.514. The summed E-state index contributed by atoms with van der Waals surface area (Å²) in [7, 11) is 0. The van der Waals surface area contributed by atoms with Crippen molar-refractivity contribution < 1.29 is 0 Å². The van der Waals surface area contributed by atoms with Crippen LogP contribution in [-0.4, -0.2) is 9.97 Å². The number of halogens is 1. The Morgan fingerprint density at radius 2 is 1.93 bits per heavy atom. The van der Waals surface area contributed by atoms with Gasteiger partial charge in [0.2, 0.25) is 0 Å². The van der Waals surface area contributed by atoms with Crippen LogP contribution in [0.25, 0.3) is 11.1 Å².